The van der Waals surface area contributed by atoms with E-state index in [0.29, 0.717) is 42.7 Å². The van der Waals surface area contributed by atoms with Gasteiger partial charge in [0.15, 0.2) is 5.69 Å². The molecule has 3 N–H and O–H groups in total. The van der Waals surface area contributed by atoms with Crippen molar-refractivity contribution in [2.24, 2.45) is 5.11 Å². The van der Waals surface area contributed by atoms with Crippen molar-refractivity contribution >= 4 is 68.5 Å². The molecule has 17 nitrogen and oxygen atoms in total. The second kappa shape index (κ2) is 23.0. The summed E-state index contributed by atoms with van der Waals surface area (Å²) in [7, 11) is -4.38. The van der Waals surface area contributed by atoms with E-state index in [4.69, 9.17) is 50.3 Å². The van der Waals surface area contributed by atoms with Gasteiger partial charge in [-0.25, -0.2) is 17.4 Å². The van der Waals surface area contributed by atoms with E-state index in [1.54, 1.807) is 74.0 Å². The van der Waals surface area contributed by atoms with Crippen LogP contribution in [0.25, 0.3) is 27.4 Å². The fourth-order valence-electron chi connectivity index (χ4n) is 6.32. The number of nitrogens with zero attached hydrogens (tertiary/aromatic N) is 7. The standard InChI is InChI=1S/C41H45Cl3N10O7S/c1-4-41(5-2,50-39(57)36-27(3)37(28-9-13-30(42)14-10-28)54(51-36)34-18-15-31(43)26-33(34)44)40(58)48-22-25-61-24-21-47-38(56)29-11-16-32(17-12-29)62(59,60)53(23-19-45)35(55)8-6-7-20-49-52-46/h9-18,26H,4-8,20-25H2,1-3H3,(H,47,56)(H,48,58)(H,50,57). The Balaban J connectivity index is 1.31. The van der Waals surface area contributed by atoms with Crippen molar-refractivity contribution in [1.82, 2.24) is 30.0 Å². The molecule has 62 heavy (non-hydrogen) atoms. The summed E-state index contributed by atoms with van der Waals surface area (Å²) in [5.41, 5.74) is 9.67. The third-order valence-corrected chi connectivity index (χ3v) is 12.4. The fraction of sp³-hybridized carbons (Fsp3) is 0.366. The van der Waals surface area contributed by atoms with Gasteiger partial charge in [0.05, 0.1) is 40.6 Å². The summed E-state index contributed by atoms with van der Waals surface area (Å²) < 4.78 is 34.0. The maximum absolute atomic E-state index is 14.0. The molecule has 4 rings (SSSR count). The highest BCUT2D eigenvalue weighted by atomic mass is 35.5. The minimum Gasteiger partial charge on any atom is -0.378 e. The van der Waals surface area contributed by atoms with Crippen molar-refractivity contribution in [3.05, 3.63) is 109 Å². The van der Waals surface area contributed by atoms with E-state index < -0.39 is 45.7 Å². The molecule has 0 spiro atoms. The van der Waals surface area contributed by atoms with Gasteiger partial charge in [0.2, 0.25) is 11.8 Å². The lowest BCUT2D eigenvalue weighted by Gasteiger charge is -2.31. The summed E-state index contributed by atoms with van der Waals surface area (Å²) in [4.78, 5) is 55.3. The lowest BCUT2D eigenvalue weighted by Crippen LogP contribution is -2.58. The number of nitriles is 1. The number of azide groups is 1. The van der Waals surface area contributed by atoms with Crippen LogP contribution in [0.3, 0.4) is 0 Å². The molecule has 0 radical (unpaired) electrons. The fourth-order valence-corrected chi connectivity index (χ4v) is 8.25. The molecule has 1 heterocycles. The van der Waals surface area contributed by atoms with Crippen LogP contribution in [0.4, 0.5) is 0 Å². The van der Waals surface area contributed by atoms with E-state index in [1.807, 2.05) is 0 Å². The summed E-state index contributed by atoms with van der Waals surface area (Å²) in [6.07, 6.45) is 1.00. The first kappa shape index (κ1) is 49.0. The Morgan fingerprint density at radius 1 is 0.935 bits per heavy atom. The van der Waals surface area contributed by atoms with Gasteiger partial charge in [0.1, 0.15) is 12.1 Å². The quantitative estimate of drug-likeness (QED) is 0.0237. The molecule has 0 saturated heterocycles. The Labute approximate surface area is 374 Å². The predicted octanol–water partition coefficient (Wildman–Crippen LogP) is 7.18. The van der Waals surface area contributed by atoms with Crippen LogP contribution in [0.1, 0.15) is 72.4 Å². The second-order valence-electron chi connectivity index (χ2n) is 13.7. The number of hydrogen-bond acceptors (Lipinski definition) is 10. The van der Waals surface area contributed by atoms with E-state index in [1.165, 1.54) is 24.3 Å². The number of aromatic nitrogens is 2. The number of rotatable bonds is 22. The van der Waals surface area contributed by atoms with Crippen LogP contribution in [0.2, 0.25) is 15.1 Å². The van der Waals surface area contributed by atoms with E-state index in [-0.39, 0.29) is 74.7 Å². The number of carbonyl (C=O) groups is 4. The maximum Gasteiger partial charge on any atom is 0.272 e. The number of unbranched alkanes of at least 4 members (excludes halogenated alkanes) is 1. The molecule has 4 aromatic rings. The molecular formula is C41H45Cl3N10O7S. The van der Waals surface area contributed by atoms with Gasteiger partial charge >= 0.3 is 0 Å². The Hall–Kier alpha value is -5.67. The molecule has 0 saturated carbocycles. The minimum atomic E-state index is -4.38. The summed E-state index contributed by atoms with van der Waals surface area (Å²) in [6.45, 7) is 5.16. The monoisotopic (exact) mass is 926 g/mol. The highest BCUT2D eigenvalue weighted by Gasteiger charge is 2.38. The van der Waals surface area contributed by atoms with Gasteiger partial charge in [0, 0.05) is 57.7 Å². The highest BCUT2D eigenvalue weighted by Crippen LogP contribution is 2.33. The van der Waals surface area contributed by atoms with Crippen molar-refractivity contribution in [2.45, 2.75) is 63.3 Å². The molecular weight excluding hydrogens is 883 g/mol. The van der Waals surface area contributed by atoms with Crippen LogP contribution in [-0.4, -0.2) is 91.1 Å². The van der Waals surface area contributed by atoms with Crippen LogP contribution < -0.4 is 16.0 Å². The molecule has 0 unspecified atom stereocenters. The minimum absolute atomic E-state index is 0.0844. The number of sulfonamides is 1. The Morgan fingerprint density at radius 3 is 2.19 bits per heavy atom. The number of carbonyl (C=O) groups excluding carboxylic acids is 4. The predicted molar refractivity (Wildman–Crippen MR) is 235 cm³/mol. The molecule has 1 aromatic heterocycles. The van der Waals surface area contributed by atoms with E-state index in [0.717, 1.165) is 5.56 Å². The van der Waals surface area contributed by atoms with Gasteiger partial charge in [-0.1, -0.05) is 65.9 Å². The number of amides is 4. The van der Waals surface area contributed by atoms with Gasteiger partial charge in [-0.05, 0) is 92.7 Å². The normalized spacial score (nSPS) is 11.2. The molecule has 21 heteroatoms. The second-order valence-corrected chi connectivity index (χ2v) is 16.8. The van der Waals surface area contributed by atoms with Crippen molar-refractivity contribution in [1.29, 1.82) is 5.26 Å². The van der Waals surface area contributed by atoms with Crippen LogP contribution in [0.5, 0.6) is 0 Å². The van der Waals surface area contributed by atoms with Crippen LogP contribution in [0.15, 0.2) is 76.7 Å². The topological polar surface area (TPSA) is 241 Å². The van der Waals surface area contributed by atoms with Gasteiger partial charge in [-0.3, -0.25) is 19.2 Å². The van der Waals surface area contributed by atoms with Crippen LogP contribution in [-0.2, 0) is 24.3 Å². The number of ether oxygens (including phenoxy) is 1. The first-order chi connectivity index (χ1) is 29.6. The smallest absolute Gasteiger partial charge is 0.272 e. The average Bonchev–Trinajstić information content (AvgIpc) is 3.60. The molecule has 0 aliphatic heterocycles. The third-order valence-electron chi connectivity index (χ3n) is 9.81. The lowest BCUT2D eigenvalue weighted by atomic mass is 9.91. The highest BCUT2D eigenvalue weighted by molar-refractivity contribution is 7.89. The van der Waals surface area contributed by atoms with Crippen molar-refractivity contribution in [3.8, 4) is 23.0 Å². The Morgan fingerprint density at radius 2 is 1.58 bits per heavy atom. The molecule has 0 bridgehead atoms. The largest absolute Gasteiger partial charge is 0.378 e. The summed E-state index contributed by atoms with van der Waals surface area (Å²) in [5, 5.41) is 26.9. The number of nitrogens with one attached hydrogen (secondary N) is 3. The Bertz CT molecular complexity index is 2450. The SMILES string of the molecule is CCC(CC)(NC(=O)c1nn(-c2ccc(Cl)cc2Cl)c(-c2ccc(Cl)cc2)c1C)C(=O)NCCOCCNC(=O)c1ccc(S(=O)(=O)N(CC#N)C(=O)CCCCN=[N+]=[N-])cc1. The average molecular weight is 928 g/mol. The maximum atomic E-state index is 14.0. The van der Waals surface area contributed by atoms with Gasteiger partial charge < -0.3 is 20.7 Å². The van der Waals surface area contributed by atoms with Crippen molar-refractivity contribution in [3.63, 3.8) is 0 Å². The molecule has 0 atom stereocenters. The Kier molecular flexibility index (Phi) is 18.1. The van der Waals surface area contributed by atoms with E-state index in [9.17, 15) is 27.6 Å². The zero-order chi connectivity index (χ0) is 45.5. The molecule has 4 amide bonds. The number of benzene rings is 3. The molecule has 0 fully saturated rings. The van der Waals surface area contributed by atoms with Crippen molar-refractivity contribution in [2.75, 3.05) is 39.4 Å². The molecule has 3 aromatic carbocycles. The van der Waals surface area contributed by atoms with Gasteiger partial charge in [0.25, 0.3) is 21.8 Å². The van der Waals surface area contributed by atoms with Crippen LogP contribution in [0, 0.1) is 18.3 Å². The summed E-state index contributed by atoms with van der Waals surface area (Å²) >= 11 is 18.9. The lowest BCUT2D eigenvalue weighted by molar-refractivity contribution is -0.128. The van der Waals surface area contributed by atoms with Crippen LogP contribution >= 0.6 is 34.8 Å². The zero-order valence-corrected chi connectivity index (χ0v) is 37.2. The van der Waals surface area contributed by atoms with E-state index in [2.05, 4.69) is 31.1 Å². The van der Waals surface area contributed by atoms with Gasteiger partial charge in [-0.2, -0.15) is 10.4 Å². The zero-order valence-electron chi connectivity index (χ0n) is 34.2. The van der Waals surface area contributed by atoms with Crippen molar-refractivity contribution < 1.29 is 32.3 Å². The molecule has 328 valence electrons. The summed E-state index contributed by atoms with van der Waals surface area (Å²) in [6, 6.07) is 18.6. The first-order valence-corrected chi connectivity index (χ1v) is 22.0. The van der Waals surface area contributed by atoms with Gasteiger partial charge in [-0.15, -0.1) is 0 Å². The molecule has 0 aliphatic rings. The number of halogens is 3. The third kappa shape index (κ3) is 12.2. The summed E-state index contributed by atoms with van der Waals surface area (Å²) in [5.74, 6) is -2.28. The van der Waals surface area contributed by atoms with E-state index >= 15 is 0 Å². The first-order valence-electron chi connectivity index (χ1n) is 19.4. The number of hydrogen-bond donors (Lipinski definition) is 3. The molecule has 0 aliphatic carbocycles.